The molecule has 0 aromatic carbocycles. The van der Waals surface area contributed by atoms with Gasteiger partial charge in [0.2, 0.25) is 5.91 Å². The smallest absolute Gasteiger partial charge is 0.271 e. The van der Waals surface area contributed by atoms with Crippen molar-refractivity contribution in [3.8, 4) is 0 Å². The molecule has 1 aromatic heterocycles. The van der Waals surface area contributed by atoms with Crippen molar-refractivity contribution in [3.63, 3.8) is 0 Å². The summed E-state index contributed by atoms with van der Waals surface area (Å²) in [5.41, 5.74) is 5.69. The normalized spacial score (nSPS) is 23.1. The number of likely N-dealkylation sites (tertiary alicyclic amines) is 1. The number of hydrogen-bond donors (Lipinski definition) is 1. The summed E-state index contributed by atoms with van der Waals surface area (Å²) in [7, 11) is 0. The van der Waals surface area contributed by atoms with E-state index >= 15 is 0 Å². The van der Waals surface area contributed by atoms with E-state index in [9.17, 15) is 14.0 Å². The Labute approximate surface area is 111 Å². The van der Waals surface area contributed by atoms with Crippen molar-refractivity contribution in [2.24, 2.45) is 5.73 Å². The second-order valence-corrected chi connectivity index (χ2v) is 5.10. The Morgan fingerprint density at radius 2 is 2.16 bits per heavy atom. The summed E-state index contributed by atoms with van der Waals surface area (Å²) >= 11 is 0. The summed E-state index contributed by atoms with van der Waals surface area (Å²) in [6, 6.07) is 2.70. The van der Waals surface area contributed by atoms with Crippen LogP contribution < -0.4 is 5.73 Å². The topological polar surface area (TPSA) is 68.3 Å². The van der Waals surface area contributed by atoms with Crippen molar-refractivity contribution in [1.29, 1.82) is 0 Å². The summed E-state index contributed by atoms with van der Waals surface area (Å²) in [4.78, 5) is 25.0. The molecule has 2 heterocycles. The highest BCUT2D eigenvalue weighted by Crippen LogP contribution is 2.23. The van der Waals surface area contributed by atoms with Crippen LogP contribution in [0.25, 0.3) is 0 Å². The van der Waals surface area contributed by atoms with Gasteiger partial charge in [0, 0.05) is 18.7 Å². The maximum atomic E-state index is 13.4. The summed E-state index contributed by atoms with van der Waals surface area (Å²) in [5, 5.41) is 0. The van der Waals surface area contributed by atoms with Gasteiger partial charge in [0.1, 0.15) is 17.9 Å². The predicted octanol–water partition coefficient (Wildman–Crippen LogP) is 1.11. The van der Waals surface area contributed by atoms with E-state index in [1.54, 1.807) is 22.9 Å². The largest absolute Gasteiger partial charge is 0.368 e. The number of carbonyl (C=O) groups excluding carboxylic acids is 2. The van der Waals surface area contributed by atoms with Gasteiger partial charge in [-0.3, -0.25) is 9.59 Å². The lowest BCUT2D eigenvalue weighted by atomic mass is 10.2. The average Bonchev–Trinajstić information content (AvgIpc) is 2.93. The number of carbonyl (C=O) groups is 2. The molecule has 6 heteroatoms. The lowest BCUT2D eigenvalue weighted by Crippen LogP contribution is -2.44. The third kappa shape index (κ3) is 2.47. The number of aromatic nitrogens is 1. The second kappa shape index (κ2) is 5.03. The molecule has 0 saturated carbocycles. The third-order valence-corrected chi connectivity index (χ3v) is 3.39. The van der Waals surface area contributed by atoms with Gasteiger partial charge in [0.15, 0.2) is 0 Å². The lowest BCUT2D eigenvalue weighted by Gasteiger charge is -2.23. The van der Waals surface area contributed by atoms with Gasteiger partial charge in [-0.1, -0.05) is 0 Å². The zero-order chi connectivity index (χ0) is 14.2. The number of halogens is 1. The third-order valence-electron chi connectivity index (χ3n) is 3.39. The van der Waals surface area contributed by atoms with Gasteiger partial charge < -0.3 is 15.2 Å². The minimum Gasteiger partial charge on any atom is -0.368 e. The van der Waals surface area contributed by atoms with Gasteiger partial charge in [-0.15, -0.1) is 0 Å². The molecule has 2 N–H and O–H groups in total. The van der Waals surface area contributed by atoms with E-state index in [4.69, 9.17) is 5.73 Å². The lowest BCUT2D eigenvalue weighted by molar-refractivity contribution is -0.121. The first-order valence-corrected chi connectivity index (χ1v) is 6.33. The summed E-state index contributed by atoms with van der Waals surface area (Å²) in [6.07, 6.45) is 0.591. The molecule has 2 amide bonds. The molecular weight excluding hydrogens is 249 g/mol. The Balaban J connectivity index is 2.28. The fourth-order valence-corrected chi connectivity index (χ4v) is 2.45. The molecular formula is C13H18FN3O2. The molecule has 0 aliphatic carbocycles. The SMILES string of the molecule is CC(C)n1cccc1C(=O)N1C[C@H](F)C[C@H]1C(N)=O. The number of alkyl halides is 1. The zero-order valence-corrected chi connectivity index (χ0v) is 11.0. The molecule has 0 bridgehead atoms. The Morgan fingerprint density at radius 3 is 2.74 bits per heavy atom. The number of primary amides is 1. The van der Waals surface area contributed by atoms with Gasteiger partial charge in [-0.2, -0.15) is 0 Å². The fourth-order valence-electron chi connectivity index (χ4n) is 2.45. The molecule has 1 fully saturated rings. The first kappa shape index (κ1) is 13.6. The Hall–Kier alpha value is -1.85. The number of rotatable bonds is 3. The maximum absolute atomic E-state index is 13.4. The highest BCUT2D eigenvalue weighted by molar-refractivity contribution is 5.96. The molecule has 1 saturated heterocycles. The van der Waals surface area contributed by atoms with Crippen molar-refractivity contribution in [2.75, 3.05) is 6.54 Å². The molecule has 0 spiro atoms. The number of nitrogens with two attached hydrogens (primary N) is 1. The standard InChI is InChI=1S/C13H18FN3O2/c1-8(2)16-5-3-4-10(16)13(19)17-7-9(14)6-11(17)12(15)18/h3-5,8-9,11H,6-7H2,1-2H3,(H2,15,18)/t9-,11+/m1/s1. The molecule has 2 atom stereocenters. The van der Waals surface area contributed by atoms with E-state index in [2.05, 4.69) is 0 Å². The van der Waals surface area contributed by atoms with Gasteiger partial charge in [-0.25, -0.2) is 4.39 Å². The summed E-state index contributed by atoms with van der Waals surface area (Å²) in [5.74, 6) is -1.00. The van der Waals surface area contributed by atoms with E-state index in [0.29, 0.717) is 5.69 Å². The maximum Gasteiger partial charge on any atom is 0.271 e. The first-order chi connectivity index (χ1) is 8.91. The number of amides is 2. The molecule has 1 aliphatic rings. The number of nitrogens with zero attached hydrogens (tertiary/aromatic N) is 2. The molecule has 1 aromatic rings. The number of hydrogen-bond acceptors (Lipinski definition) is 2. The van der Waals surface area contributed by atoms with Crippen LogP contribution >= 0.6 is 0 Å². The van der Waals surface area contributed by atoms with Crippen molar-refractivity contribution < 1.29 is 14.0 Å². The minimum atomic E-state index is -1.19. The van der Waals surface area contributed by atoms with Crippen molar-refractivity contribution in [1.82, 2.24) is 9.47 Å². The fraction of sp³-hybridized carbons (Fsp3) is 0.538. The molecule has 2 rings (SSSR count). The molecule has 5 nitrogen and oxygen atoms in total. The summed E-state index contributed by atoms with van der Waals surface area (Å²) in [6.45, 7) is 3.82. The van der Waals surface area contributed by atoms with E-state index in [0.717, 1.165) is 0 Å². The predicted molar refractivity (Wildman–Crippen MR) is 68.3 cm³/mol. The van der Waals surface area contributed by atoms with Gasteiger partial charge in [0.25, 0.3) is 5.91 Å². The Kier molecular flexibility index (Phi) is 3.59. The van der Waals surface area contributed by atoms with E-state index in [-0.39, 0.29) is 24.9 Å². The van der Waals surface area contributed by atoms with Crippen molar-refractivity contribution >= 4 is 11.8 Å². The average molecular weight is 267 g/mol. The van der Waals surface area contributed by atoms with Gasteiger partial charge in [0.05, 0.1) is 6.54 Å². The van der Waals surface area contributed by atoms with Crippen LogP contribution in [0.4, 0.5) is 4.39 Å². The van der Waals surface area contributed by atoms with Crippen molar-refractivity contribution in [2.45, 2.75) is 38.5 Å². The Bertz CT molecular complexity index is 498. The van der Waals surface area contributed by atoms with Crippen LogP contribution in [-0.4, -0.2) is 40.0 Å². The molecule has 0 unspecified atom stereocenters. The second-order valence-electron chi connectivity index (χ2n) is 5.10. The van der Waals surface area contributed by atoms with Crippen LogP contribution in [0.2, 0.25) is 0 Å². The quantitative estimate of drug-likeness (QED) is 0.891. The van der Waals surface area contributed by atoms with E-state index in [1.165, 1.54) is 4.90 Å². The molecule has 19 heavy (non-hydrogen) atoms. The highest BCUT2D eigenvalue weighted by atomic mass is 19.1. The van der Waals surface area contributed by atoms with Crippen LogP contribution in [0.1, 0.15) is 36.8 Å². The van der Waals surface area contributed by atoms with E-state index in [1.807, 2.05) is 13.8 Å². The zero-order valence-electron chi connectivity index (χ0n) is 11.0. The van der Waals surface area contributed by atoms with Crippen LogP contribution in [0.5, 0.6) is 0 Å². The first-order valence-electron chi connectivity index (χ1n) is 6.33. The Morgan fingerprint density at radius 1 is 1.47 bits per heavy atom. The van der Waals surface area contributed by atoms with E-state index < -0.39 is 18.1 Å². The van der Waals surface area contributed by atoms with Crippen LogP contribution in [-0.2, 0) is 4.79 Å². The molecule has 104 valence electrons. The molecule has 1 aliphatic heterocycles. The minimum absolute atomic E-state index is 0.0105. The van der Waals surface area contributed by atoms with Crippen molar-refractivity contribution in [3.05, 3.63) is 24.0 Å². The van der Waals surface area contributed by atoms with Crippen LogP contribution in [0.3, 0.4) is 0 Å². The summed E-state index contributed by atoms with van der Waals surface area (Å²) < 4.78 is 15.2. The van der Waals surface area contributed by atoms with Gasteiger partial charge in [-0.05, 0) is 26.0 Å². The van der Waals surface area contributed by atoms with Gasteiger partial charge >= 0.3 is 0 Å². The van der Waals surface area contributed by atoms with Crippen LogP contribution in [0, 0.1) is 0 Å². The van der Waals surface area contributed by atoms with Crippen LogP contribution in [0.15, 0.2) is 18.3 Å². The monoisotopic (exact) mass is 267 g/mol. The highest BCUT2D eigenvalue weighted by Gasteiger charge is 2.39. The molecule has 0 radical (unpaired) electrons.